The van der Waals surface area contributed by atoms with E-state index in [1.165, 1.54) is 18.2 Å². The molecule has 0 spiro atoms. The summed E-state index contributed by atoms with van der Waals surface area (Å²) in [6.45, 7) is 4.53. The van der Waals surface area contributed by atoms with E-state index >= 15 is 0 Å². The predicted molar refractivity (Wildman–Crippen MR) is 114 cm³/mol. The van der Waals surface area contributed by atoms with Crippen molar-refractivity contribution in [3.63, 3.8) is 0 Å². The van der Waals surface area contributed by atoms with Gasteiger partial charge in [-0.15, -0.1) is 0 Å². The standard InChI is InChI=1S/C23H21F3N4O4/c1-14-10-17(15(2)30(14)8-9-32-3)11-18(12-27)22(31)33-13-20-28-21(29-34-20)16-4-6-19(7-5-16)23(24,25)26/h4-7,10-11H,8-9,13H2,1-3H3/b18-11+. The van der Waals surface area contributed by atoms with Crippen molar-refractivity contribution in [1.29, 1.82) is 5.26 Å². The average molecular weight is 474 g/mol. The second kappa shape index (κ2) is 10.4. The van der Waals surface area contributed by atoms with Crippen molar-refractivity contribution in [1.82, 2.24) is 14.7 Å². The third kappa shape index (κ3) is 5.71. The van der Waals surface area contributed by atoms with Crippen molar-refractivity contribution < 1.29 is 32.0 Å². The molecule has 0 aliphatic carbocycles. The molecule has 8 nitrogen and oxygen atoms in total. The lowest BCUT2D eigenvalue weighted by molar-refractivity contribution is -0.140. The molecular formula is C23H21F3N4O4. The fraction of sp³-hybridized carbons (Fsp3) is 0.304. The Morgan fingerprint density at radius 3 is 2.59 bits per heavy atom. The van der Waals surface area contributed by atoms with Crippen LogP contribution in [0.5, 0.6) is 0 Å². The number of nitriles is 1. The van der Waals surface area contributed by atoms with Gasteiger partial charge in [0.2, 0.25) is 5.82 Å². The van der Waals surface area contributed by atoms with Gasteiger partial charge in [-0.25, -0.2) is 4.79 Å². The number of aromatic nitrogens is 3. The quantitative estimate of drug-likeness (QED) is 0.270. The summed E-state index contributed by atoms with van der Waals surface area (Å²) < 4.78 is 55.3. The van der Waals surface area contributed by atoms with E-state index in [0.717, 1.165) is 23.5 Å². The zero-order valence-corrected chi connectivity index (χ0v) is 18.6. The van der Waals surface area contributed by atoms with Crippen LogP contribution in [0.2, 0.25) is 0 Å². The minimum atomic E-state index is -4.45. The molecule has 0 unspecified atom stereocenters. The Hall–Kier alpha value is -3.91. The lowest BCUT2D eigenvalue weighted by Crippen LogP contribution is -2.08. The lowest BCUT2D eigenvalue weighted by atomic mass is 10.1. The summed E-state index contributed by atoms with van der Waals surface area (Å²) in [6.07, 6.45) is -3.01. The monoisotopic (exact) mass is 474 g/mol. The maximum Gasteiger partial charge on any atom is 0.416 e. The van der Waals surface area contributed by atoms with Gasteiger partial charge < -0.3 is 18.6 Å². The van der Waals surface area contributed by atoms with E-state index in [1.807, 2.05) is 30.6 Å². The molecule has 11 heteroatoms. The Morgan fingerprint density at radius 1 is 1.26 bits per heavy atom. The molecule has 2 aromatic heterocycles. The van der Waals surface area contributed by atoms with Crippen LogP contribution in [-0.4, -0.2) is 34.4 Å². The molecule has 0 atom stereocenters. The Bertz CT molecular complexity index is 1230. The molecule has 3 aromatic rings. The molecule has 0 bridgehead atoms. The number of methoxy groups -OCH3 is 1. The van der Waals surface area contributed by atoms with E-state index in [0.29, 0.717) is 24.3 Å². The first-order chi connectivity index (χ1) is 16.1. The van der Waals surface area contributed by atoms with Crippen LogP contribution in [0.1, 0.15) is 28.4 Å². The molecule has 0 fully saturated rings. The summed E-state index contributed by atoms with van der Waals surface area (Å²) in [6, 6.07) is 7.91. The molecule has 3 rings (SSSR count). The second-order valence-corrected chi connectivity index (χ2v) is 7.30. The molecule has 0 saturated carbocycles. The summed E-state index contributed by atoms with van der Waals surface area (Å²) in [7, 11) is 1.61. The molecule has 0 aliphatic rings. The van der Waals surface area contributed by atoms with Crippen LogP contribution in [0.3, 0.4) is 0 Å². The number of halogens is 3. The lowest BCUT2D eigenvalue weighted by Gasteiger charge is -2.08. The van der Waals surface area contributed by atoms with Crippen LogP contribution in [-0.2, 0) is 33.6 Å². The number of carbonyl (C=O) groups is 1. The number of rotatable bonds is 8. The van der Waals surface area contributed by atoms with Crippen LogP contribution in [0.15, 0.2) is 40.4 Å². The summed E-state index contributed by atoms with van der Waals surface area (Å²) in [5, 5.41) is 13.1. The highest BCUT2D eigenvalue weighted by molar-refractivity contribution is 5.98. The van der Waals surface area contributed by atoms with E-state index in [2.05, 4.69) is 10.1 Å². The second-order valence-electron chi connectivity index (χ2n) is 7.30. The van der Waals surface area contributed by atoms with Crippen molar-refractivity contribution in [2.45, 2.75) is 33.2 Å². The van der Waals surface area contributed by atoms with Crippen molar-refractivity contribution >= 4 is 12.0 Å². The highest BCUT2D eigenvalue weighted by atomic mass is 19.4. The maximum absolute atomic E-state index is 12.7. The number of nitrogens with zero attached hydrogens (tertiary/aromatic N) is 4. The highest BCUT2D eigenvalue weighted by Crippen LogP contribution is 2.30. The number of carbonyl (C=O) groups excluding carboxylic acids is 1. The van der Waals surface area contributed by atoms with E-state index in [-0.39, 0.29) is 17.3 Å². The van der Waals surface area contributed by atoms with Gasteiger partial charge in [0, 0.05) is 30.6 Å². The predicted octanol–water partition coefficient (Wildman–Crippen LogP) is 4.47. The molecule has 0 N–H and O–H groups in total. The Kier molecular flexibility index (Phi) is 7.53. The number of ether oxygens (including phenoxy) is 2. The number of aryl methyl sites for hydroxylation is 1. The van der Waals surface area contributed by atoms with Gasteiger partial charge in [-0.3, -0.25) is 0 Å². The van der Waals surface area contributed by atoms with Gasteiger partial charge in [-0.1, -0.05) is 17.3 Å². The van der Waals surface area contributed by atoms with E-state index in [1.54, 1.807) is 7.11 Å². The normalized spacial score (nSPS) is 12.0. The zero-order valence-electron chi connectivity index (χ0n) is 18.6. The largest absolute Gasteiger partial charge is 0.451 e. The summed E-state index contributed by atoms with van der Waals surface area (Å²) in [5.41, 5.74) is 1.81. The SMILES string of the molecule is COCCn1c(C)cc(/C=C(\C#N)C(=O)OCc2nc(-c3ccc(C(F)(F)F)cc3)no2)c1C. The van der Waals surface area contributed by atoms with Gasteiger partial charge in [-0.05, 0) is 43.7 Å². The fourth-order valence-electron chi connectivity index (χ4n) is 3.24. The summed E-state index contributed by atoms with van der Waals surface area (Å²) in [4.78, 5) is 16.4. The van der Waals surface area contributed by atoms with Crippen molar-refractivity contribution in [2.24, 2.45) is 0 Å². The smallest absolute Gasteiger partial charge is 0.416 e. The summed E-state index contributed by atoms with van der Waals surface area (Å²) in [5.74, 6) is -0.906. The van der Waals surface area contributed by atoms with Crippen molar-refractivity contribution in [3.8, 4) is 17.5 Å². The third-order valence-corrected chi connectivity index (χ3v) is 5.04. The van der Waals surface area contributed by atoms with E-state index < -0.39 is 24.3 Å². The molecule has 0 radical (unpaired) electrons. The molecular weight excluding hydrogens is 453 g/mol. The van der Waals surface area contributed by atoms with Gasteiger partial charge in [0.25, 0.3) is 5.89 Å². The highest BCUT2D eigenvalue weighted by Gasteiger charge is 2.30. The van der Waals surface area contributed by atoms with E-state index in [9.17, 15) is 23.2 Å². The van der Waals surface area contributed by atoms with Gasteiger partial charge in [-0.2, -0.15) is 23.4 Å². The number of hydrogen-bond donors (Lipinski definition) is 0. The first-order valence-corrected chi connectivity index (χ1v) is 10.1. The molecule has 178 valence electrons. The van der Waals surface area contributed by atoms with Crippen LogP contribution < -0.4 is 0 Å². The molecule has 1 aromatic carbocycles. The third-order valence-electron chi connectivity index (χ3n) is 5.04. The van der Waals surface area contributed by atoms with E-state index in [4.69, 9.17) is 14.0 Å². The maximum atomic E-state index is 12.7. The molecule has 0 saturated heterocycles. The first-order valence-electron chi connectivity index (χ1n) is 10.1. The van der Waals surface area contributed by atoms with Crippen LogP contribution in [0.25, 0.3) is 17.5 Å². The molecule has 0 aliphatic heterocycles. The topological polar surface area (TPSA) is 103 Å². The first kappa shape index (κ1) is 24.7. The Labute approximate surface area is 193 Å². The van der Waals surface area contributed by atoms with Gasteiger partial charge in [0.15, 0.2) is 6.61 Å². The number of benzene rings is 1. The molecule has 34 heavy (non-hydrogen) atoms. The van der Waals surface area contributed by atoms with Crippen molar-refractivity contribution in [2.75, 3.05) is 13.7 Å². The minimum absolute atomic E-state index is 0.0410. The summed E-state index contributed by atoms with van der Waals surface area (Å²) >= 11 is 0. The number of hydrogen-bond acceptors (Lipinski definition) is 7. The van der Waals surface area contributed by atoms with Gasteiger partial charge in [0.05, 0.1) is 12.2 Å². The minimum Gasteiger partial charge on any atom is -0.451 e. The number of alkyl halides is 3. The molecule has 2 heterocycles. The molecule has 0 amide bonds. The van der Waals surface area contributed by atoms with Crippen molar-refractivity contribution in [3.05, 3.63) is 64.3 Å². The van der Waals surface area contributed by atoms with Gasteiger partial charge in [0.1, 0.15) is 11.6 Å². The Morgan fingerprint density at radius 2 is 1.97 bits per heavy atom. The Balaban J connectivity index is 1.67. The van der Waals surface area contributed by atoms with Gasteiger partial charge >= 0.3 is 12.1 Å². The van der Waals surface area contributed by atoms with Crippen LogP contribution in [0, 0.1) is 25.2 Å². The fourth-order valence-corrected chi connectivity index (χ4v) is 3.24. The zero-order chi connectivity index (χ0) is 24.9. The van der Waals surface area contributed by atoms with Crippen LogP contribution >= 0.6 is 0 Å². The van der Waals surface area contributed by atoms with Crippen LogP contribution in [0.4, 0.5) is 13.2 Å². The average Bonchev–Trinajstić information content (AvgIpc) is 3.38. The number of esters is 1.